The highest BCUT2D eigenvalue weighted by molar-refractivity contribution is 5.95. The number of benzene rings is 2. The minimum Gasteiger partial charge on any atom is -0.496 e. The Labute approximate surface area is 329 Å². The first-order chi connectivity index (χ1) is 27.1. The topological polar surface area (TPSA) is 117 Å². The van der Waals surface area contributed by atoms with E-state index in [0.717, 1.165) is 77.0 Å². The molecular weight excluding hydrogens is 705 g/mol. The van der Waals surface area contributed by atoms with E-state index in [4.69, 9.17) is 14.2 Å². The molecule has 10 nitrogen and oxygen atoms in total. The zero-order valence-corrected chi connectivity index (χ0v) is 33.9. The Morgan fingerprint density at radius 1 is 1.00 bits per heavy atom. The van der Waals surface area contributed by atoms with Gasteiger partial charge in [-0.2, -0.15) is 0 Å². The summed E-state index contributed by atoms with van der Waals surface area (Å²) in [5.41, 5.74) is 7.94. The number of methoxy groups -OCH3 is 3. The number of likely N-dealkylation sites (tertiary alicyclic amines) is 1. The summed E-state index contributed by atoms with van der Waals surface area (Å²) < 4.78 is 17.7. The predicted molar refractivity (Wildman–Crippen MR) is 216 cm³/mol. The van der Waals surface area contributed by atoms with E-state index in [-0.39, 0.29) is 59.5 Å². The summed E-state index contributed by atoms with van der Waals surface area (Å²) in [4.78, 5) is 54.1. The average Bonchev–Trinajstić information content (AvgIpc) is 3.73. The van der Waals surface area contributed by atoms with Gasteiger partial charge in [0, 0.05) is 76.8 Å². The van der Waals surface area contributed by atoms with Crippen LogP contribution in [-0.2, 0) is 42.1 Å². The third-order valence-electron chi connectivity index (χ3n) is 15.0. The van der Waals surface area contributed by atoms with Crippen molar-refractivity contribution in [1.82, 2.24) is 19.8 Å². The number of aromatic amines is 2. The molecule has 3 saturated heterocycles. The summed E-state index contributed by atoms with van der Waals surface area (Å²) >= 11 is 0. The zero-order chi connectivity index (χ0) is 39.2. The van der Waals surface area contributed by atoms with Gasteiger partial charge < -0.3 is 24.2 Å². The molecule has 2 aromatic heterocycles. The number of ether oxygens (including phenoxy) is 3. The monoisotopic (exact) mass is 760 g/mol. The lowest BCUT2D eigenvalue weighted by molar-refractivity contribution is -0.169. The van der Waals surface area contributed by atoms with Crippen molar-refractivity contribution in [3.05, 3.63) is 76.1 Å². The second-order valence-corrected chi connectivity index (χ2v) is 17.4. The van der Waals surface area contributed by atoms with Crippen molar-refractivity contribution in [1.29, 1.82) is 0 Å². The number of hydrogen-bond donors (Lipinski definition) is 2. The standard InChI is InChI=1S/C46H56N4O6/c1-8-25-19-27-22-46(45(53)56-7)42-30(16-17-50(43(25)46)35(27)18-24(3)51)29-14-15-37(54-5)39(41(29)48-42)33-20-31-26(9-2)23-49(4)36(38(31)44(52)55-6)21-32-28-12-10-11-13-34(28)47-40(32)33/h9-15,25,27,31,33,35-36,38,43,47-48H,8,16-23H2,1-7H3/b26-9+. The number of rotatable bonds is 7. The third kappa shape index (κ3) is 5.23. The smallest absolute Gasteiger partial charge is 0.319 e. The maximum atomic E-state index is 14.7. The average molecular weight is 761 g/mol. The number of nitrogens with one attached hydrogen (secondary N) is 2. The van der Waals surface area contributed by atoms with Crippen LogP contribution in [0.3, 0.4) is 0 Å². The molecule has 10 unspecified atom stereocenters. The number of carbonyl (C=O) groups excluding carboxylic acids is 3. The molecule has 4 aliphatic heterocycles. The van der Waals surface area contributed by atoms with Crippen LogP contribution in [0.4, 0.5) is 0 Å². The molecule has 2 aliphatic carbocycles. The second kappa shape index (κ2) is 13.9. The third-order valence-corrected chi connectivity index (χ3v) is 15.0. The highest BCUT2D eigenvalue weighted by atomic mass is 16.5. The minimum atomic E-state index is -0.899. The number of nitrogens with zero attached hydrogens (tertiary/aromatic N) is 2. The molecule has 296 valence electrons. The number of allylic oxidation sites excluding steroid dienone is 1. The molecule has 56 heavy (non-hydrogen) atoms. The molecule has 6 heterocycles. The number of esters is 2. The van der Waals surface area contributed by atoms with Crippen LogP contribution >= 0.6 is 0 Å². The van der Waals surface area contributed by atoms with Crippen molar-refractivity contribution in [3.63, 3.8) is 0 Å². The van der Waals surface area contributed by atoms with Gasteiger partial charge in [0.25, 0.3) is 0 Å². The maximum absolute atomic E-state index is 14.7. The summed E-state index contributed by atoms with van der Waals surface area (Å²) in [5, 5.41) is 2.26. The molecule has 0 amide bonds. The van der Waals surface area contributed by atoms with Crippen LogP contribution in [0.5, 0.6) is 5.75 Å². The number of carbonyl (C=O) groups is 3. The summed E-state index contributed by atoms with van der Waals surface area (Å²) in [7, 11) is 6.91. The predicted octanol–water partition coefficient (Wildman–Crippen LogP) is 6.84. The van der Waals surface area contributed by atoms with Crippen LogP contribution in [0.2, 0.25) is 0 Å². The van der Waals surface area contributed by atoms with Gasteiger partial charge in [-0.25, -0.2) is 0 Å². The van der Waals surface area contributed by atoms with E-state index in [1.54, 1.807) is 14.0 Å². The first-order valence-electron chi connectivity index (χ1n) is 20.7. The van der Waals surface area contributed by atoms with E-state index in [2.05, 4.69) is 83.1 Å². The van der Waals surface area contributed by atoms with Crippen LogP contribution in [0.1, 0.15) is 86.9 Å². The molecule has 10 atom stereocenters. The van der Waals surface area contributed by atoms with Gasteiger partial charge >= 0.3 is 11.9 Å². The van der Waals surface area contributed by atoms with Crippen LogP contribution in [0.15, 0.2) is 48.0 Å². The van der Waals surface area contributed by atoms with E-state index in [1.807, 2.05) is 0 Å². The van der Waals surface area contributed by atoms with Crippen molar-refractivity contribution < 1.29 is 28.6 Å². The lowest BCUT2D eigenvalue weighted by atomic mass is 9.54. The number of aromatic nitrogens is 2. The number of ketones is 1. The first-order valence-corrected chi connectivity index (χ1v) is 20.7. The Bertz CT molecular complexity index is 2270. The number of Topliss-reactive ketones (excluding diaryl/α,β-unsaturated/α-hetero) is 1. The molecule has 10 rings (SSSR count). The number of hydrogen-bond acceptors (Lipinski definition) is 8. The second-order valence-electron chi connectivity index (χ2n) is 17.4. The highest BCUT2D eigenvalue weighted by Crippen LogP contribution is 2.59. The number of piperidine rings is 3. The largest absolute Gasteiger partial charge is 0.496 e. The van der Waals surface area contributed by atoms with E-state index in [1.165, 1.54) is 30.7 Å². The first kappa shape index (κ1) is 37.2. The van der Waals surface area contributed by atoms with Crippen molar-refractivity contribution in [2.45, 2.75) is 95.2 Å². The molecule has 1 saturated carbocycles. The lowest BCUT2D eigenvalue weighted by Crippen LogP contribution is -2.70. The fraction of sp³-hybridized carbons (Fsp3) is 0.543. The van der Waals surface area contributed by atoms with Crippen molar-refractivity contribution in [3.8, 4) is 5.75 Å². The zero-order valence-electron chi connectivity index (χ0n) is 33.9. The van der Waals surface area contributed by atoms with Crippen LogP contribution in [-0.4, -0.2) is 97.1 Å². The summed E-state index contributed by atoms with van der Waals surface area (Å²) in [6, 6.07) is 12.8. The van der Waals surface area contributed by atoms with Crippen molar-refractivity contribution in [2.75, 3.05) is 41.5 Å². The van der Waals surface area contributed by atoms with E-state index >= 15 is 0 Å². The molecule has 6 bridgehead atoms. The molecule has 0 spiro atoms. The Morgan fingerprint density at radius 3 is 2.52 bits per heavy atom. The van der Waals surface area contributed by atoms with Crippen LogP contribution < -0.4 is 4.74 Å². The van der Waals surface area contributed by atoms with E-state index < -0.39 is 5.41 Å². The summed E-state index contributed by atoms with van der Waals surface area (Å²) in [5.74, 6) is 0.531. The quantitative estimate of drug-likeness (QED) is 0.156. The van der Waals surface area contributed by atoms with Gasteiger partial charge in [0.15, 0.2) is 0 Å². The number of fused-ring (bicyclic) bond motifs is 9. The van der Waals surface area contributed by atoms with E-state index in [0.29, 0.717) is 31.6 Å². The van der Waals surface area contributed by atoms with Gasteiger partial charge in [-0.1, -0.05) is 43.2 Å². The minimum absolute atomic E-state index is 0.0304. The Morgan fingerprint density at radius 2 is 1.80 bits per heavy atom. The van der Waals surface area contributed by atoms with Crippen LogP contribution in [0, 0.1) is 23.7 Å². The Hall–Kier alpha value is -4.41. The number of likely N-dealkylation sites (N-methyl/N-ethyl adjacent to an activating group) is 1. The van der Waals surface area contributed by atoms with Crippen molar-refractivity contribution in [2.24, 2.45) is 23.7 Å². The molecule has 10 heteroatoms. The van der Waals surface area contributed by atoms with Crippen LogP contribution in [0.25, 0.3) is 21.8 Å². The number of para-hydroxylation sites is 1. The molecule has 0 radical (unpaired) electrons. The van der Waals surface area contributed by atoms with Gasteiger partial charge in [-0.3, -0.25) is 24.2 Å². The molecule has 4 aromatic rings. The summed E-state index contributed by atoms with van der Waals surface area (Å²) in [6.45, 7) is 7.57. The maximum Gasteiger partial charge on any atom is 0.319 e. The Kier molecular flexibility index (Phi) is 9.23. The molecular formula is C46H56N4O6. The normalized spacial score (nSPS) is 33.0. The van der Waals surface area contributed by atoms with Gasteiger partial charge in [0.1, 0.15) is 16.9 Å². The highest BCUT2D eigenvalue weighted by Gasteiger charge is 2.65. The molecule has 6 aliphatic rings. The Balaban J connectivity index is 1.30. The fourth-order valence-electron chi connectivity index (χ4n) is 12.8. The molecule has 4 fully saturated rings. The molecule has 2 N–H and O–H groups in total. The SMILES string of the molecule is C/C=C1\CN(C)C2Cc3c([nH]c4ccccc34)C(c3c(OC)ccc4c5c([nH]c34)C3(C(=O)OC)CC4CC(CC)C3N(CC5)C4CC(C)=O)CC1C2C(=O)OC. The van der Waals surface area contributed by atoms with Gasteiger partial charge in [0.05, 0.1) is 32.8 Å². The summed E-state index contributed by atoms with van der Waals surface area (Å²) in [6.07, 6.45) is 7.45. The number of H-pyrrole nitrogens is 2. The van der Waals surface area contributed by atoms with Gasteiger partial charge in [-0.05, 0) is 100 Å². The van der Waals surface area contributed by atoms with E-state index in [9.17, 15) is 14.4 Å². The van der Waals surface area contributed by atoms with Gasteiger partial charge in [-0.15, -0.1) is 0 Å². The fourth-order valence-corrected chi connectivity index (χ4v) is 12.8. The van der Waals surface area contributed by atoms with Crippen molar-refractivity contribution >= 4 is 39.5 Å². The van der Waals surface area contributed by atoms with Gasteiger partial charge in [0.2, 0.25) is 0 Å². The molecule has 2 aromatic carbocycles. The lowest BCUT2D eigenvalue weighted by Gasteiger charge is -2.61.